The van der Waals surface area contributed by atoms with E-state index in [1.165, 1.54) is 0 Å². The molecule has 0 atom stereocenters. The van der Waals surface area contributed by atoms with Gasteiger partial charge >= 0.3 is 0 Å². The van der Waals surface area contributed by atoms with E-state index in [2.05, 4.69) is 31.9 Å². The topological polar surface area (TPSA) is 96.5 Å². The van der Waals surface area contributed by atoms with Crippen LogP contribution in [0.5, 0.6) is 5.75 Å². The highest BCUT2D eigenvalue weighted by Crippen LogP contribution is 2.19. The molecule has 0 spiro atoms. The van der Waals surface area contributed by atoms with E-state index < -0.39 is 5.91 Å². The lowest BCUT2D eigenvalue weighted by Crippen LogP contribution is -2.33. The Hall–Kier alpha value is -3.65. The molecule has 3 N–H and O–H groups in total. The van der Waals surface area contributed by atoms with Gasteiger partial charge in [-0.2, -0.15) is 0 Å². The Kier molecular flexibility index (Phi) is 8.21. The fourth-order valence-corrected chi connectivity index (χ4v) is 3.32. The van der Waals surface area contributed by atoms with Gasteiger partial charge in [0.25, 0.3) is 11.8 Å². The fourth-order valence-electron chi connectivity index (χ4n) is 3.06. The van der Waals surface area contributed by atoms with Gasteiger partial charge in [0.1, 0.15) is 5.75 Å². The van der Waals surface area contributed by atoms with Crippen molar-refractivity contribution >= 4 is 45.0 Å². The summed E-state index contributed by atoms with van der Waals surface area (Å²) in [4.78, 5) is 37.1. The van der Waals surface area contributed by atoms with E-state index in [0.717, 1.165) is 15.6 Å². The molecule has 8 heteroatoms. The molecule has 33 heavy (non-hydrogen) atoms. The first-order valence-electron chi connectivity index (χ1n) is 10.2. The lowest BCUT2D eigenvalue weighted by atomic mass is 10.1. The molecular weight excluding hydrogens is 486 g/mol. The summed E-state index contributed by atoms with van der Waals surface area (Å²) in [5.74, 6) is -0.937. The summed E-state index contributed by atoms with van der Waals surface area (Å²) in [5, 5.41) is 8.09. The van der Waals surface area contributed by atoms with Gasteiger partial charge in [0.2, 0.25) is 5.91 Å². The zero-order valence-corrected chi connectivity index (χ0v) is 19.9. The van der Waals surface area contributed by atoms with Crippen molar-refractivity contribution in [2.75, 3.05) is 23.8 Å². The largest absolute Gasteiger partial charge is 0.483 e. The lowest BCUT2D eigenvalue weighted by molar-refractivity contribution is -0.118. The van der Waals surface area contributed by atoms with E-state index in [1.807, 2.05) is 44.2 Å². The predicted molar refractivity (Wildman–Crippen MR) is 132 cm³/mol. The average Bonchev–Trinajstić information content (AvgIpc) is 2.79. The number of nitrogens with one attached hydrogen (secondary N) is 3. The molecule has 0 aliphatic heterocycles. The summed E-state index contributed by atoms with van der Waals surface area (Å²) in [6.45, 7) is 3.41. The van der Waals surface area contributed by atoms with Gasteiger partial charge in [-0.05, 0) is 61.9 Å². The van der Waals surface area contributed by atoms with Crippen LogP contribution in [0, 0.1) is 13.8 Å². The van der Waals surface area contributed by atoms with Crippen molar-refractivity contribution in [2.24, 2.45) is 0 Å². The monoisotopic (exact) mass is 509 g/mol. The molecule has 7 nitrogen and oxygen atoms in total. The van der Waals surface area contributed by atoms with Gasteiger partial charge in [-0.15, -0.1) is 0 Å². The molecule has 3 aromatic rings. The second-order valence-corrected chi connectivity index (χ2v) is 8.30. The van der Waals surface area contributed by atoms with Gasteiger partial charge in [-0.1, -0.05) is 45.8 Å². The van der Waals surface area contributed by atoms with Crippen LogP contribution >= 0.6 is 15.9 Å². The van der Waals surface area contributed by atoms with Crippen LogP contribution in [-0.4, -0.2) is 30.9 Å². The van der Waals surface area contributed by atoms with Crippen LogP contribution in [0.4, 0.5) is 11.4 Å². The maximum Gasteiger partial charge on any atom is 0.262 e. The molecule has 3 amide bonds. The van der Waals surface area contributed by atoms with E-state index in [-0.39, 0.29) is 36.3 Å². The maximum absolute atomic E-state index is 12.6. The van der Waals surface area contributed by atoms with E-state index >= 15 is 0 Å². The molecule has 0 aromatic heterocycles. The maximum atomic E-state index is 12.6. The number of anilines is 2. The number of rotatable bonds is 8. The predicted octanol–water partition coefficient (Wildman–Crippen LogP) is 4.45. The van der Waals surface area contributed by atoms with E-state index in [4.69, 9.17) is 4.74 Å². The number of carbonyl (C=O) groups is 3. The summed E-state index contributed by atoms with van der Waals surface area (Å²) in [6, 6.07) is 19.4. The van der Waals surface area contributed by atoms with E-state index in [1.54, 1.807) is 36.4 Å². The highest BCUT2D eigenvalue weighted by atomic mass is 79.9. The lowest BCUT2D eigenvalue weighted by Gasteiger charge is -2.13. The van der Waals surface area contributed by atoms with Crippen molar-refractivity contribution in [1.82, 2.24) is 5.32 Å². The van der Waals surface area contributed by atoms with Crippen LogP contribution in [-0.2, 0) is 9.59 Å². The van der Waals surface area contributed by atoms with Crippen molar-refractivity contribution in [3.63, 3.8) is 0 Å². The Balaban J connectivity index is 1.54. The number of hydrogen-bond donors (Lipinski definition) is 3. The van der Waals surface area contributed by atoms with Crippen LogP contribution in [0.1, 0.15) is 21.5 Å². The number of carbonyl (C=O) groups excluding carboxylic acids is 3. The normalized spacial score (nSPS) is 10.3. The minimum atomic E-state index is -0.477. The fraction of sp³-hybridized carbons (Fsp3) is 0.160. The summed E-state index contributed by atoms with van der Waals surface area (Å²) >= 11 is 3.34. The van der Waals surface area contributed by atoms with Crippen molar-refractivity contribution < 1.29 is 19.1 Å². The zero-order valence-electron chi connectivity index (χ0n) is 18.3. The number of hydrogen-bond acceptors (Lipinski definition) is 4. The van der Waals surface area contributed by atoms with Crippen LogP contribution in [0.15, 0.2) is 71.2 Å². The SMILES string of the molecule is Cc1ccc(NC(=O)CNC(=O)c2ccccc2OCC(=O)Nc2ccc(Br)cc2)c(C)c1. The quantitative estimate of drug-likeness (QED) is 0.417. The molecule has 0 fully saturated rings. The number of para-hydroxylation sites is 1. The van der Waals surface area contributed by atoms with Gasteiger partial charge in [0, 0.05) is 15.8 Å². The summed E-state index contributed by atoms with van der Waals surface area (Å²) in [7, 11) is 0. The highest BCUT2D eigenvalue weighted by molar-refractivity contribution is 9.10. The van der Waals surface area contributed by atoms with Crippen LogP contribution in [0.2, 0.25) is 0 Å². The minimum Gasteiger partial charge on any atom is -0.483 e. The third-order valence-electron chi connectivity index (χ3n) is 4.68. The first kappa shape index (κ1) is 24.0. The third kappa shape index (κ3) is 7.18. The minimum absolute atomic E-state index is 0.204. The Bertz CT molecular complexity index is 1160. The molecule has 0 radical (unpaired) electrons. The molecular formula is C25H24BrN3O4. The molecule has 0 saturated carbocycles. The van der Waals surface area contributed by atoms with Crippen molar-refractivity contribution in [3.8, 4) is 5.75 Å². The molecule has 0 unspecified atom stereocenters. The van der Waals surface area contributed by atoms with Gasteiger partial charge in [0.05, 0.1) is 12.1 Å². The first-order valence-corrected chi connectivity index (χ1v) is 11.0. The van der Waals surface area contributed by atoms with Crippen molar-refractivity contribution in [2.45, 2.75) is 13.8 Å². The molecule has 0 saturated heterocycles. The average molecular weight is 510 g/mol. The van der Waals surface area contributed by atoms with Crippen LogP contribution in [0.3, 0.4) is 0 Å². The summed E-state index contributed by atoms with van der Waals surface area (Å²) in [6.07, 6.45) is 0. The highest BCUT2D eigenvalue weighted by Gasteiger charge is 2.15. The standard InChI is InChI=1S/C25H24BrN3O4/c1-16-7-12-21(17(2)13-16)29-23(30)14-27-25(32)20-5-3-4-6-22(20)33-15-24(31)28-19-10-8-18(26)9-11-19/h3-13H,14-15H2,1-2H3,(H,27,32)(H,28,31)(H,29,30). The first-order chi connectivity index (χ1) is 15.8. The van der Waals surface area contributed by atoms with Gasteiger partial charge in [0.15, 0.2) is 6.61 Å². The second kappa shape index (κ2) is 11.3. The molecule has 0 aliphatic rings. The molecule has 3 rings (SSSR count). The summed E-state index contributed by atoms with van der Waals surface area (Å²) in [5.41, 5.74) is 3.59. The van der Waals surface area contributed by atoms with Gasteiger partial charge in [-0.3, -0.25) is 14.4 Å². The molecule has 0 bridgehead atoms. The van der Waals surface area contributed by atoms with Crippen molar-refractivity contribution in [3.05, 3.63) is 87.9 Å². The molecule has 170 valence electrons. The zero-order chi connectivity index (χ0) is 23.8. The second-order valence-electron chi connectivity index (χ2n) is 7.39. The number of halogens is 1. The molecule has 0 aliphatic carbocycles. The van der Waals surface area contributed by atoms with Gasteiger partial charge in [-0.25, -0.2) is 0 Å². The smallest absolute Gasteiger partial charge is 0.262 e. The van der Waals surface area contributed by atoms with Crippen LogP contribution < -0.4 is 20.7 Å². The molecule has 3 aromatic carbocycles. The Morgan fingerprint density at radius 1 is 0.879 bits per heavy atom. The third-order valence-corrected chi connectivity index (χ3v) is 5.21. The molecule has 0 heterocycles. The van der Waals surface area contributed by atoms with E-state index in [9.17, 15) is 14.4 Å². The van der Waals surface area contributed by atoms with Crippen LogP contribution in [0.25, 0.3) is 0 Å². The number of amides is 3. The van der Waals surface area contributed by atoms with Crippen molar-refractivity contribution in [1.29, 1.82) is 0 Å². The number of aryl methyl sites for hydroxylation is 2. The summed E-state index contributed by atoms with van der Waals surface area (Å²) < 4.78 is 6.46. The van der Waals surface area contributed by atoms with Gasteiger partial charge < -0.3 is 20.7 Å². The Morgan fingerprint density at radius 3 is 2.33 bits per heavy atom. The van der Waals surface area contributed by atoms with E-state index in [0.29, 0.717) is 11.4 Å². The Labute approximate surface area is 200 Å². The number of benzene rings is 3. The number of ether oxygens (including phenoxy) is 1. The Morgan fingerprint density at radius 2 is 1.61 bits per heavy atom.